The molecule has 0 saturated carbocycles. The van der Waals surface area contributed by atoms with Crippen LogP contribution in [0.5, 0.6) is 0 Å². The lowest BCUT2D eigenvalue weighted by atomic mass is 10.3. The Bertz CT molecular complexity index is 197. The molecule has 50 valence electrons. The molecule has 0 N–H and O–H groups in total. The van der Waals surface area contributed by atoms with Crippen LogP contribution in [0.3, 0.4) is 0 Å². The summed E-state index contributed by atoms with van der Waals surface area (Å²) in [6.07, 6.45) is 0. The third-order valence-electron chi connectivity index (χ3n) is 1.05. The van der Waals surface area contributed by atoms with Gasteiger partial charge in [0, 0.05) is 3.92 Å². The molecule has 1 atom stereocenters. The summed E-state index contributed by atoms with van der Waals surface area (Å²) in [5.41, 5.74) is 1.07. The largest absolute Gasteiger partial charge is 0.143 e. The maximum absolute atomic E-state index is 3.90. The molecule has 0 amide bonds. The molecule has 1 aromatic rings. The van der Waals surface area contributed by atoms with Crippen LogP contribution in [0, 0.1) is 6.92 Å². The first kappa shape index (κ1) is 7.40. The van der Waals surface area contributed by atoms with Crippen molar-refractivity contribution < 1.29 is 0 Å². The molecule has 0 bridgehead atoms. The summed E-state index contributed by atoms with van der Waals surface area (Å²) in [7, 11) is 0. The normalized spacial score (nSPS) is 13.7. The zero-order valence-corrected chi connectivity index (χ0v) is 8.23. The highest BCUT2D eigenvalue weighted by Gasteiger charge is 2.07. The van der Waals surface area contributed by atoms with E-state index in [-0.39, 0.29) is 0 Å². The van der Waals surface area contributed by atoms with Gasteiger partial charge in [0.15, 0.2) is 0 Å². The Morgan fingerprint density at radius 1 is 1.67 bits per heavy atom. The molecule has 4 heteroatoms. The molecule has 0 aliphatic heterocycles. The van der Waals surface area contributed by atoms with Gasteiger partial charge in [0.2, 0.25) is 0 Å². The van der Waals surface area contributed by atoms with Crippen molar-refractivity contribution in [1.82, 2.24) is 9.59 Å². The number of aromatic nitrogens is 2. The molecular formula is C5H7IN2S. The first-order chi connectivity index (χ1) is 4.22. The molecule has 1 heterocycles. The second-order valence-corrected chi connectivity index (χ2v) is 4.49. The Hall–Kier alpha value is 0.290. The zero-order valence-electron chi connectivity index (χ0n) is 5.26. The second kappa shape index (κ2) is 2.92. The van der Waals surface area contributed by atoms with Crippen molar-refractivity contribution in [2.45, 2.75) is 17.8 Å². The Morgan fingerprint density at radius 2 is 2.33 bits per heavy atom. The molecule has 2 nitrogen and oxygen atoms in total. The number of alkyl halides is 1. The van der Waals surface area contributed by atoms with E-state index in [1.54, 1.807) is 0 Å². The maximum atomic E-state index is 3.90. The van der Waals surface area contributed by atoms with Gasteiger partial charge in [0.1, 0.15) is 0 Å². The van der Waals surface area contributed by atoms with Gasteiger partial charge in [-0.3, -0.25) is 0 Å². The van der Waals surface area contributed by atoms with E-state index in [4.69, 9.17) is 0 Å². The summed E-state index contributed by atoms with van der Waals surface area (Å²) < 4.78 is 4.37. The third-order valence-corrected chi connectivity index (χ3v) is 3.10. The van der Waals surface area contributed by atoms with Gasteiger partial charge >= 0.3 is 0 Å². The van der Waals surface area contributed by atoms with E-state index in [0.29, 0.717) is 3.92 Å². The molecule has 0 fully saturated rings. The van der Waals surface area contributed by atoms with Crippen molar-refractivity contribution in [3.05, 3.63) is 10.6 Å². The van der Waals surface area contributed by atoms with Crippen molar-refractivity contribution in [2.75, 3.05) is 0 Å². The molecule has 0 saturated heterocycles. The predicted octanol–water partition coefficient (Wildman–Crippen LogP) is 2.34. The first-order valence-corrected chi connectivity index (χ1v) is 4.66. The van der Waals surface area contributed by atoms with E-state index in [2.05, 4.69) is 39.1 Å². The molecule has 1 unspecified atom stereocenters. The lowest BCUT2D eigenvalue weighted by Gasteiger charge is -1.95. The fourth-order valence-electron chi connectivity index (χ4n) is 0.601. The lowest BCUT2D eigenvalue weighted by molar-refractivity contribution is 1.05. The van der Waals surface area contributed by atoms with Gasteiger partial charge in [-0.15, -0.1) is 5.10 Å². The van der Waals surface area contributed by atoms with Crippen LogP contribution in [-0.4, -0.2) is 9.59 Å². The minimum Gasteiger partial charge on any atom is -0.143 e. The Morgan fingerprint density at radius 3 is 2.56 bits per heavy atom. The minimum absolute atomic E-state index is 0.544. The highest BCUT2D eigenvalue weighted by Crippen LogP contribution is 2.26. The van der Waals surface area contributed by atoms with Gasteiger partial charge < -0.3 is 0 Å². The average molecular weight is 254 g/mol. The topological polar surface area (TPSA) is 25.8 Å². The molecule has 1 aromatic heterocycles. The van der Waals surface area contributed by atoms with Crippen molar-refractivity contribution in [2.24, 2.45) is 0 Å². The van der Waals surface area contributed by atoms with Crippen molar-refractivity contribution >= 4 is 34.1 Å². The zero-order chi connectivity index (χ0) is 6.85. The van der Waals surface area contributed by atoms with Crippen molar-refractivity contribution in [1.29, 1.82) is 0 Å². The fraction of sp³-hybridized carbons (Fsp3) is 0.600. The molecular weight excluding hydrogens is 247 g/mol. The van der Waals surface area contributed by atoms with E-state index in [1.165, 1.54) is 16.4 Å². The van der Waals surface area contributed by atoms with Gasteiger partial charge in [0.25, 0.3) is 0 Å². The summed E-state index contributed by atoms with van der Waals surface area (Å²) >= 11 is 3.85. The average Bonchev–Trinajstić information content (AvgIpc) is 2.13. The van der Waals surface area contributed by atoms with Crippen LogP contribution < -0.4 is 0 Å². The fourth-order valence-corrected chi connectivity index (χ4v) is 1.96. The second-order valence-electron chi connectivity index (χ2n) is 1.84. The smallest absolute Gasteiger partial charge is 0.0767 e. The van der Waals surface area contributed by atoms with Gasteiger partial charge in [0.05, 0.1) is 10.6 Å². The Labute approximate surface area is 72.0 Å². The summed E-state index contributed by atoms with van der Waals surface area (Å²) in [5.74, 6) is 0. The van der Waals surface area contributed by atoms with Crippen molar-refractivity contribution in [3.8, 4) is 0 Å². The SMILES string of the molecule is Cc1nnsc1C(C)I. The first-order valence-electron chi connectivity index (χ1n) is 2.64. The number of hydrogen-bond acceptors (Lipinski definition) is 3. The minimum atomic E-state index is 0.544. The van der Waals surface area contributed by atoms with E-state index in [1.807, 2.05) is 6.92 Å². The van der Waals surface area contributed by atoms with Crippen LogP contribution >= 0.6 is 34.1 Å². The van der Waals surface area contributed by atoms with Gasteiger partial charge in [-0.25, -0.2) is 0 Å². The molecule has 0 spiro atoms. The quantitative estimate of drug-likeness (QED) is 0.567. The van der Waals surface area contributed by atoms with Crippen LogP contribution in [0.15, 0.2) is 0 Å². The monoisotopic (exact) mass is 254 g/mol. The van der Waals surface area contributed by atoms with Gasteiger partial charge in [-0.2, -0.15) is 0 Å². The molecule has 9 heavy (non-hydrogen) atoms. The third kappa shape index (κ3) is 1.61. The number of rotatable bonds is 1. The molecule has 0 aliphatic rings. The van der Waals surface area contributed by atoms with E-state index in [9.17, 15) is 0 Å². The maximum Gasteiger partial charge on any atom is 0.0767 e. The number of aryl methyl sites for hydroxylation is 1. The lowest BCUT2D eigenvalue weighted by Crippen LogP contribution is -1.81. The number of hydrogen-bond donors (Lipinski definition) is 0. The highest BCUT2D eigenvalue weighted by atomic mass is 127. The standard InChI is InChI=1S/C5H7IN2S/c1-3(6)5-4(2)7-8-9-5/h3H,1-2H3. The van der Waals surface area contributed by atoms with E-state index >= 15 is 0 Å². The van der Waals surface area contributed by atoms with Crippen LogP contribution in [0.2, 0.25) is 0 Å². The summed E-state index contributed by atoms with van der Waals surface area (Å²) in [6, 6.07) is 0. The molecule has 0 radical (unpaired) electrons. The number of nitrogens with zero attached hydrogens (tertiary/aromatic N) is 2. The van der Waals surface area contributed by atoms with Crippen molar-refractivity contribution in [3.63, 3.8) is 0 Å². The van der Waals surface area contributed by atoms with E-state index < -0.39 is 0 Å². The van der Waals surface area contributed by atoms with Crippen LogP contribution in [0.1, 0.15) is 21.4 Å². The van der Waals surface area contributed by atoms with Crippen LogP contribution in [0.4, 0.5) is 0 Å². The summed E-state index contributed by atoms with van der Waals surface area (Å²) in [6.45, 7) is 4.14. The highest BCUT2D eigenvalue weighted by molar-refractivity contribution is 14.1. The molecule has 0 aromatic carbocycles. The van der Waals surface area contributed by atoms with Crippen LogP contribution in [-0.2, 0) is 0 Å². The van der Waals surface area contributed by atoms with Gasteiger partial charge in [-0.05, 0) is 25.4 Å². The molecule has 1 rings (SSSR count). The van der Waals surface area contributed by atoms with Gasteiger partial charge in [-0.1, -0.05) is 27.1 Å². The molecule has 0 aliphatic carbocycles. The van der Waals surface area contributed by atoms with Crippen LogP contribution in [0.25, 0.3) is 0 Å². The Balaban J connectivity index is 2.94. The Kier molecular flexibility index (Phi) is 2.40. The van der Waals surface area contributed by atoms with E-state index in [0.717, 1.165) is 5.69 Å². The summed E-state index contributed by atoms with van der Waals surface area (Å²) in [4.78, 5) is 1.29. The number of halogens is 1. The summed E-state index contributed by atoms with van der Waals surface area (Å²) in [5, 5.41) is 3.90. The predicted molar refractivity (Wildman–Crippen MR) is 47.1 cm³/mol.